The van der Waals surface area contributed by atoms with Gasteiger partial charge < -0.3 is 19.3 Å². The van der Waals surface area contributed by atoms with Crippen molar-refractivity contribution in [2.75, 3.05) is 25.2 Å². The highest BCUT2D eigenvalue weighted by molar-refractivity contribution is 7.85. The van der Waals surface area contributed by atoms with Crippen LogP contribution in [-0.2, 0) is 38.7 Å². The molecule has 15 heteroatoms. The minimum atomic E-state index is -4.99. The molecule has 47 heavy (non-hydrogen) atoms. The molecule has 0 unspecified atom stereocenters. The van der Waals surface area contributed by atoms with Gasteiger partial charge in [0.1, 0.15) is 5.60 Å². The van der Waals surface area contributed by atoms with Crippen LogP contribution < -0.4 is 4.74 Å². The quantitative estimate of drug-likeness (QED) is 0.181. The highest BCUT2D eigenvalue weighted by atomic mass is 32.2. The Bertz CT molecular complexity index is 1460. The largest absolute Gasteiger partial charge is 0.471 e. The third-order valence-corrected chi connectivity index (χ3v) is 9.04. The highest BCUT2D eigenvalue weighted by Crippen LogP contribution is 2.37. The molecule has 10 nitrogen and oxygen atoms in total. The van der Waals surface area contributed by atoms with Crippen molar-refractivity contribution < 1.29 is 50.8 Å². The summed E-state index contributed by atoms with van der Waals surface area (Å²) in [6, 6.07) is 8.20. The molecular weight excluding hydrogens is 648 g/mol. The second-order valence-electron chi connectivity index (χ2n) is 13.6. The van der Waals surface area contributed by atoms with E-state index in [4.69, 9.17) is 9.47 Å². The van der Waals surface area contributed by atoms with E-state index in [0.717, 1.165) is 30.4 Å². The lowest BCUT2D eigenvalue weighted by molar-refractivity contribution is -0.389. The van der Waals surface area contributed by atoms with E-state index in [1.807, 2.05) is 45.0 Å². The summed E-state index contributed by atoms with van der Waals surface area (Å²) in [5, 5.41) is 23.2. The molecule has 0 aliphatic carbocycles. The first-order valence-electron chi connectivity index (χ1n) is 14.9. The number of aliphatic hydroxyl groups is 1. The molecule has 1 heterocycles. The van der Waals surface area contributed by atoms with Crippen molar-refractivity contribution in [3.8, 4) is 5.75 Å². The second-order valence-corrected chi connectivity index (χ2v) is 15.2. The van der Waals surface area contributed by atoms with Gasteiger partial charge in [0.15, 0.2) is 0 Å². The van der Waals surface area contributed by atoms with Crippen molar-refractivity contribution in [2.24, 2.45) is 5.92 Å². The lowest BCUT2D eigenvalue weighted by Gasteiger charge is -2.41. The Kier molecular flexibility index (Phi) is 12.1. The number of ether oxygens (including phenoxy) is 3. The molecule has 0 spiro atoms. The summed E-state index contributed by atoms with van der Waals surface area (Å²) in [7, 11) is -0.603. The Labute approximate surface area is 274 Å². The normalized spacial score (nSPS) is 21.2. The number of rotatable bonds is 10. The SMILES string of the molecule is COC[C@@H](Oc1cc(C[C@@H]2C[S@@](=O)C[C@H](N(Cc3cccc(C(C)(C)C)c3)C(=O)OC(C)(C)C)[C@H]2O)cc(F)c1[N+](=O)[O-])C(F)(F)F. The van der Waals surface area contributed by atoms with Gasteiger partial charge in [0.25, 0.3) is 0 Å². The molecular formula is C32H42F4N2O8S. The first-order chi connectivity index (χ1) is 21.6. The smallest absolute Gasteiger partial charge is 0.427 e. The zero-order valence-electron chi connectivity index (χ0n) is 27.4. The maximum atomic E-state index is 15.0. The highest BCUT2D eigenvalue weighted by Gasteiger charge is 2.44. The first kappa shape index (κ1) is 38.2. The number of nitrogens with zero attached hydrogens (tertiary/aromatic N) is 2. The molecule has 0 radical (unpaired) electrons. The van der Waals surface area contributed by atoms with Crippen LogP contribution in [-0.4, -0.2) is 80.5 Å². The minimum absolute atomic E-state index is 0.00690. The van der Waals surface area contributed by atoms with Crippen LogP contribution >= 0.6 is 0 Å². The standard InChI is InChI=1S/C32H42F4N2O8S/c1-30(2,3)22-10-8-9-19(12-22)15-37(29(40)46-31(4,5)6)24-18-47(43)17-21(28(24)39)11-20-13-23(33)27(38(41)42)25(14-20)45-26(16-44-7)32(34,35)36/h8-10,12-14,21,24,26,28,39H,11,15-18H2,1-7H3/t21-,24+,26-,28+,47-/m1/s1. The van der Waals surface area contributed by atoms with E-state index >= 15 is 4.39 Å². The van der Waals surface area contributed by atoms with Gasteiger partial charge in [-0.3, -0.25) is 19.2 Å². The zero-order chi connectivity index (χ0) is 35.5. The van der Waals surface area contributed by atoms with Gasteiger partial charge in [-0.1, -0.05) is 45.0 Å². The number of hydrogen-bond donors (Lipinski definition) is 1. The summed E-state index contributed by atoms with van der Waals surface area (Å²) in [4.78, 5) is 25.2. The molecule has 2 aromatic carbocycles. The van der Waals surface area contributed by atoms with Gasteiger partial charge in [-0.15, -0.1) is 0 Å². The van der Waals surface area contributed by atoms with E-state index in [9.17, 15) is 37.4 Å². The molecule has 1 aliphatic heterocycles. The predicted octanol–water partition coefficient (Wildman–Crippen LogP) is 6.08. The third kappa shape index (κ3) is 10.3. The van der Waals surface area contributed by atoms with Gasteiger partial charge in [-0.2, -0.15) is 17.6 Å². The Morgan fingerprint density at radius 1 is 1.11 bits per heavy atom. The number of nitro benzene ring substituents is 1. The fourth-order valence-corrected chi connectivity index (χ4v) is 6.93. The van der Waals surface area contributed by atoms with Crippen LogP contribution in [0.2, 0.25) is 0 Å². The number of carbonyl (C=O) groups is 1. The zero-order valence-corrected chi connectivity index (χ0v) is 28.2. The van der Waals surface area contributed by atoms with E-state index in [1.165, 1.54) is 4.90 Å². The number of nitro groups is 1. The van der Waals surface area contributed by atoms with Crippen molar-refractivity contribution in [3.63, 3.8) is 0 Å². The monoisotopic (exact) mass is 690 g/mol. The average molecular weight is 691 g/mol. The Morgan fingerprint density at radius 2 is 1.77 bits per heavy atom. The van der Waals surface area contributed by atoms with Crippen LogP contribution in [0.3, 0.4) is 0 Å². The van der Waals surface area contributed by atoms with Gasteiger partial charge >= 0.3 is 18.0 Å². The summed E-state index contributed by atoms with van der Waals surface area (Å²) >= 11 is 0. The molecule has 1 saturated heterocycles. The number of alkyl halides is 3. The Hall–Kier alpha value is -3.30. The van der Waals surface area contributed by atoms with Gasteiger partial charge in [0.2, 0.25) is 17.7 Å². The van der Waals surface area contributed by atoms with Crippen molar-refractivity contribution in [2.45, 2.75) is 90.0 Å². The lowest BCUT2D eigenvalue weighted by atomic mass is 9.86. The number of halogens is 4. The molecule has 0 bridgehead atoms. The summed E-state index contributed by atoms with van der Waals surface area (Å²) in [6.45, 7) is 10.2. The maximum absolute atomic E-state index is 15.0. The molecule has 1 N–H and O–H groups in total. The average Bonchev–Trinajstić information content (AvgIpc) is 2.91. The topological polar surface area (TPSA) is 128 Å². The Balaban J connectivity index is 1.99. The molecule has 5 atom stereocenters. The number of amides is 1. The minimum Gasteiger partial charge on any atom is -0.471 e. The number of carbonyl (C=O) groups excluding carboxylic acids is 1. The number of hydrogen-bond acceptors (Lipinski definition) is 8. The Morgan fingerprint density at radius 3 is 2.32 bits per heavy atom. The van der Waals surface area contributed by atoms with Gasteiger partial charge in [0.05, 0.1) is 23.7 Å². The molecule has 2 aromatic rings. The molecule has 262 valence electrons. The molecule has 0 saturated carbocycles. The van der Waals surface area contributed by atoms with E-state index in [-0.39, 0.29) is 35.4 Å². The maximum Gasteiger partial charge on any atom is 0.427 e. The van der Waals surface area contributed by atoms with Crippen LogP contribution in [0.25, 0.3) is 0 Å². The fraction of sp³-hybridized carbons (Fsp3) is 0.594. The predicted molar refractivity (Wildman–Crippen MR) is 167 cm³/mol. The van der Waals surface area contributed by atoms with Crippen molar-refractivity contribution in [1.29, 1.82) is 0 Å². The van der Waals surface area contributed by atoms with Crippen molar-refractivity contribution >= 4 is 22.6 Å². The first-order valence-corrected chi connectivity index (χ1v) is 16.4. The van der Waals surface area contributed by atoms with E-state index in [1.54, 1.807) is 20.8 Å². The molecule has 1 aliphatic rings. The van der Waals surface area contributed by atoms with Crippen LogP contribution in [0.15, 0.2) is 36.4 Å². The van der Waals surface area contributed by atoms with Crippen LogP contribution in [0.1, 0.15) is 58.2 Å². The van der Waals surface area contributed by atoms with Crippen molar-refractivity contribution in [1.82, 2.24) is 4.90 Å². The number of benzene rings is 2. The second kappa shape index (κ2) is 14.9. The molecule has 1 amide bonds. The van der Waals surface area contributed by atoms with Gasteiger partial charge in [0, 0.05) is 41.9 Å². The van der Waals surface area contributed by atoms with Crippen LogP contribution in [0.5, 0.6) is 5.75 Å². The molecule has 3 rings (SSSR count). The van der Waals surface area contributed by atoms with Crippen LogP contribution in [0, 0.1) is 21.8 Å². The van der Waals surface area contributed by atoms with Gasteiger partial charge in [-0.05, 0) is 61.4 Å². The summed E-state index contributed by atoms with van der Waals surface area (Å²) in [6.07, 6.45) is -9.94. The summed E-state index contributed by atoms with van der Waals surface area (Å²) in [5.41, 5.74) is -0.692. The lowest BCUT2D eigenvalue weighted by Crippen LogP contribution is -2.57. The summed E-state index contributed by atoms with van der Waals surface area (Å²) < 4.78 is 83.9. The fourth-order valence-electron chi connectivity index (χ4n) is 5.25. The third-order valence-electron chi connectivity index (χ3n) is 7.53. The number of aliphatic hydroxyl groups excluding tert-OH is 1. The van der Waals surface area contributed by atoms with Crippen molar-refractivity contribution in [3.05, 3.63) is 69.0 Å². The van der Waals surface area contributed by atoms with E-state index in [2.05, 4.69) is 4.74 Å². The number of methoxy groups -OCH3 is 1. The molecule has 1 fully saturated rings. The summed E-state index contributed by atoms with van der Waals surface area (Å²) in [5.74, 6) is -3.47. The molecule has 0 aromatic heterocycles. The van der Waals surface area contributed by atoms with E-state index < -0.39 is 81.6 Å². The van der Waals surface area contributed by atoms with Gasteiger partial charge in [-0.25, -0.2) is 4.79 Å². The van der Waals surface area contributed by atoms with E-state index in [0.29, 0.717) is 0 Å². The van der Waals surface area contributed by atoms with Crippen LogP contribution in [0.4, 0.5) is 28.0 Å².